The predicted octanol–water partition coefficient (Wildman–Crippen LogP) is 3.43. The molecule has 1 atom stereocenters. The van der Waals surface area contributed by atoms with E-state index in [1.807, 2.05) is 25.1 Å². The molecule has 0 bridgehead atoms. The van der Waals surface area contributed by atoms with Gasteiger partial charge in [0.15, 0.2) is 0 Å². The number of hydrogen-bond donors (Lipinski definition) is 2. The van der Waals surface area contributed by atoms with Crippen molar-refractivity contribution in [2.45, 2.75) is 19.1 Å². The van der Waals surface area contributed by atoms with Gasteiger partial charge in [-0.15, -0.1) is 0 Å². The second-order valence-corrected chi connectivity index (χ2v) is 7.26. The molecule has 3 rings (SSSR count). The Hall–Kier alpha value is -2.74. The third-order valence-electron chi connectivity index (χ3n) is 5.04. The molecule has 8 heteroatoms. The first-order valence-corrected chi connectivity index (χ1v) is 9.54. The molecular weight excluding hydrogens is 381 g/mol. The minimum atomic E-state index is -4.64. The molecule has 2 aromatic carbocycles. The van der Waals surface area contributed by atoms with Crippen LogP contribution in [0.5, 0.6) is 0 Å². The lowest BCUT2D eigenvalue weighted by molar-refractivity contribution is -0.137. The van der Waals surface area contributed by atoms with E-state index in [9.17, 15) is 18.0 Å². The third-order valence-corrected chi connectivity index (χ3v) is 5.04. The number of primary amides is 1. The maximum absolute atomic E-state index is 13.2. The summed E-state index contributed by atoms with van der Waals surface area (Å²) in [6.07, 6.45) is -4.64. The SMILES string of the molecule is CC(CN1CCN(c2ccccc2)CC1)Nc1cccc(C(F)(F)F)c1C(N)=O. The molecule has 156 valence electrons. The highest BCUT2D eigenvalue weighted by molar-refractivity contribution is 6.00. The van der Waals surface area contributed by atoms with Crippen molar-refractivity contribution in [1.82, 2.24) is 4.90 Å². The summed E-state index contributed by atoms with van der Waals surface area (Å²) in [4.78, 5) is 16.3. The van der Waals surface area contributed by atoms with Gasteiger partial charge in [0.05, 0.1) is 11.1 Å². The van der Waals surface area contributed by atoms with Crippen molar-refractivity contribution in [3.63, 3.8) is 0 Å². The Kier molecular flexibility index (Phi) is 6.32. The zero-order chi connectivity index (χ0) is 21.0. The molecule has 1 amide bonds. The highest BCUT2D eigenvalue weighted by Gasteiger charge is 2.36. The number of nitrogens with one attached hydrogen (secondary N) is 1. The van der Waals surface area contributed by atoms with Crippen LogP contribution >= 0.6 is 0 Å². The van der Waals surface area contributed by atoms with Crippen LogP contribution in [0.1, 0.15) is 22.8 Å². The first-order valence-electron chi connectivity index (χ1n) is 9.54. The first kappa shape index (κ1) is 21.0. The van der Waals surface area contributed by atoms with E-state index < -0.39 is 23.2 Å². The average Bonchev–Trinajstić information content (AvgIpc) is 2.68. The molecule has 1 fully saturated rings. The van der Waals surface area contributed by atoms with Gasteiger partial charge in [-0.2, -0.15) is 13.2 Å². The van der Waals surface area contributed by atoms with Crippen LogP contribution in [0.25, 0.3) is 0 Å². The fraction of sp³-hybridized carbons (Fsp3) is 0.381. The van der Waals surface area contributed by atoms with Gasteiger partial charge in [-0.1, -0.05) is 24.3 Å². The average molecular weight is 406 g/mol. The van der Waals surface area contributed by atoms with Gasteiger partial charge in [-0.25, -0.2) is 0 Å². The summed E-state index contributed by atoms with van der Waals surface area (Å²) in [5, 5.41) is 3.04. The number of anilines is 2. The number of carbonyl (C=O) groups excluding carboxylic acids is 1. The van der Waals surface area contributed by atoms with Gasteiger partial charge >= 0.3 is 6.18 Å². The second-order valence-electron chi connectivity index (χ2n) is 7.26. The number of nitrogens with two attached hydrogens (primary N) is 1. The molecular formula is C21H25F3N4O. The fourth-order valence-corrected chi connectivity index (χ4v) is 3.70. The molecule has 1 heterocycles. The summed E-state index contributed by atoms with van der Waals surface area (Å²) in [5.74, 6) is -1.09. The zero-order valence-electron chi connectivity index (χ0n) is 16.2. The normalized spacial score (nSPS) is 16.5. The van der Waals surface area contributed by atoms with Crippen molar-refractivity contribution in [2.75, 3.05) is 42.9 Å². The number of hydrogen-bond acceptors (Lipinski definition) is 4. The Morgan fingerprint density at radius 2 is 1.72 bits per heavy atom. The number of benzene rings is 2. The topological polar surface area (TPSA) is 61.6 Å². The Morgan fingerprint density at radius 3 is 2.31 bits per heavy atom. The lowest BCUT2D eigenvalue weighted by Crippen LogP contribution is -2.49. The van der Waals surface area contributed by atoms with E-state index >= 15 is 0 Å². The van der Waals surface area contributed by atoms with Crippen molar-refractivity contribution >= 4 is 17.3 Å². The van der Waals surface area contributed by atoms with Gasteiger partial charge < -0.3 is 16.0 Å². The molecule has 5 nitrogen and oxygen atoms in total. The molecule has 0 aliphatic carbocycles. The zero-order valence-corrected chi connectivity index (χ0v) is 16.2. The van der Waals surface area contributed by atoms with E-state index in [1.54, 1.807) is 0 Å². The highest BCUT2D eigenvalue weighted by atomic mass is 19.4. The number of alkyl halides is 3. The van der Waals surface area contributed by atoms with Crippen molar-refractivity contribution in [3.05, 3.63) is 59.7 Å². The van der Waals surface area contributed by atoms with E-state index in [0.29, 0.717) is 6.54 Å². The number of rotatable bonds is 6. The van der Waals surface area contributed by atoms with Gasteiger partial charge in [0.25, 0.3) is 5.91 Å². The summed E-state index contributed by atoms with van der Waals surface area (Å²) in [5.41, 5.74) is 5.02. The van der Waals surface area contributed by atoms with Gasteiger partial charge in [0.2, 0.25) is 0 Å². The van der Waals surface area contributed by atoms with E-state index in [0.717, 1.165) is 32.2 Å². The molecule has 29 heavy (non-hydrogen) atoms. The molecule has 0 spiro atoms. The maximum atomic E-state index is 13.2. The van der Waals surface area contributed by atoms with Crippen LogP contribution < -0.4 is 16.0 Å². The van der Waals surface area contributed by atoms with Crippen LogP contribution in [0.2, 0.25) is 0 Å². The summed E-state index contributed by atoms with van der Waals surface area (Å²) in [7, 11) is 0. The number of halogens is 3. The standard InChI is InChI=1S/C21H25F3N4O/c1-15(14-27-10-12-28(13-11-27)16-6-3-2-4-7-16)26-18-9-5-8-17(21(22,23)24)19(18)20(25)29/h2-9,15,26H,10-14H2,1H3,(H2,25,29). The summed E-state index contributed by atoms with van der Waals surface area (Å²) in [6.45, 7) is 6.00. The van der Waals surface area contributed by atoms with E-state index in [1.165, 1.54) is 17.8 Å². The maximum Gasteiger partial charge on any atom is 0.417 e. The summed E-state index contributed by atoms with van der Waals surface area (Å²) in [6, 6.07) is 13.6. The fourth-order valence-electron chi connectivity index (χ4n) is 3.70. The Bertz CT molecular complexity index is 834. The van der Waals surface area contributed by atoms with Crippen LogP contribution in [0.3, 0.4) is 0 Å². The number of para-hydroxylation sites is 1. The van der Waals surface area contributed by atoms with Gasteiger partial charge in [-0.05, 0) is 31.2 Å². The minimum absolute atomic E-state index is 0.114. The second kappa shape index (κ2) is 8.73. The molecule has 1 saturated heterocycles. The van der Waals surface area contributed by atoms with Crippen molar-refractivity contribution in [1.29, 1.82) is 0 Å². The van der Waals surface area contributed by atoms with Crippen LogP contribution in [0.15, 0.2) is 48.5 Å². The van der Waals surface area contributed by atoms with E-state index in [-0.39, 0.29) is 11.7 Å². The first-order chi connectivity index (χ1) is 13.8. The highest BCUT2D eigenvalue weighted by Crippen LogP contribution is 2.35. The number of nitrogens with zero attached hydrogens (tertiary/aromatic N) is 2. The molecule has 3 N–H and O–H groups in total. The molecule has 0 radical (unpaired) electrons. The molecule has 1 aliphatic heterocycles. The van der Waals surface area contributed by atoms with Gasteiger partial charge in [-0.3, -0.25) is 9.69 Å². The van der Waals surface area contributed by atoms with Crippen LogP contribution in [-0.4, -0.2) is 49.6 Å². The molecule has 0 saturated carbocycles. The van der Waals surface area contributed by atoms with Crippen LogP contribution in [0, 0.1) is 0 Å². The lowest BCUT2D eigenvalue weighted by Gasteiger charge is -2.37. The lowest BCUT2D eigenvalue weighted by atomic mass is 10.0. The minimum Gasteiger partial charge on any atom is -0.381 e. The van der Waals surface area contributed by atoms with E-state index in [2.05, 4.69) is 27.2 Å². The van der Waals surface area contributed by atoms with Crippen LogP contribution in [-0.2, 0) is 6.18 Å². The van der Waals surface area contributed by atoms with Crippen LogP contribution in [0.4, 0.5) is 24.5 Å². The number of piperazine rings is 1. The predicted molar refractivity (Wildman–Crippen MR) is 108 cm³/mol. The Morgan fingerprint density at radius 1 is 1.07 bits per heavy atom. The van der Waals surface area contributed by atoms with Crippen molar-refractivity contribution in [2.24, 2.45) is 5.73 Å². The van der Waals surface area contributed by atoms with E-state index in [4.69, 9.17) is 5.73 Å². The molecule has 1 unspecified atom stereocenters. The summed E-state index contributed by atoms with van der Waals surface area (Å²) >= 11 is 0. The number of carbonyl (C=O) groups is 1. The molecule has 2 aromatic rings. The number of amides is 1. The smallest absolute Gasteiger partial charge is 0.381 e. The van der Waals surface area contributed by atoms with Crippen molar-refractivity contribution < 1.29 is 18.0 Å². The van der Waals surface area contributed by atoms with Crippen molar-refractivity contribution in [3.8, 4) is 0 Å². The molecule has 0 aromatic heterocycles. The summed E-state index contributed by atoms with van der Waals surface area (Å²) < 4.78 is 39.7. The molecule has 1 aliphatic rings. The third kappa shape index (κ3) is 5.20. The quantitative estimate of drug-likeness (QED) is 0.772. The largest absolute Gasteiger partial charge is 0.417 e. The Balaban J connectivity index is 1.62. The Labute approximate surface area is 168 Å². The van der Waals surface area contributed by atoms with Gasteiger partial charge in [0, 0.05) is 50.1 Å². The van der Waals surface area contributed by atoms with Gasteiger partial charge in [0.1, 0.15) is 0 Å². The monoisotopic (exact) mass is 406 g/mol.